The van der Waals surface area contributed by atoms with Crippen LogP contribution in [0.3, 0.4) is 0 Å². The highest BCUT2D eigenvalue weighted by atomic mass is 16.5. The Morgan fingerprint density at radius 2 is 2.10 bits per heavy atom. The molecule has 1 N–H and O–H groups in total. The molecule has 2 aliphatic rings. The quantitative estimate of drug-likeness (QED) is 0.932. The number of hydrogen-bond acceptors (Lipinski definition) is 5. The molecule has 0 spiro atoms. The van der Waals surface area contributed by atoms with E-state index in [-0.39, 0.29) is 6.10 Å². The molecule has 2 aromatic rings. The van der Waals surface area contributed by atoms with Crippen molar-refractivity contribution >= 4 is 11.5 Å². The molecule has 0 saturated carbocycles. The van der Waals surface area contributed by atoms with Gasteiger partial charge in [0.25, 0.3) is 5.88 Å². The number of ether oxygens (including phenoxy) is 1. The minimum absolute atomic E-state index is 0.193. The lowest BCUT2D eigenvalue weighted by atomic mass is 10.2. The zero-order valence-corrected chi connectivity index (χ0v) is 11.8. The Balaban J connectivity index is 1.66. The standard InChI is InChI=1S/C16H18N4O/c1-2-4-14-12(3-1)6-10-20(14)15-16(19-9-8-18-15)21-13-5-7-17-11-13/h1-4,8-9,13,17H,5-7,10-11H2. The van der Waals surface area contributed by atoms with Crippen molar-refractivity contribution in [3.63, 3.8) is 0 Å². The summed E-state index contributed by atoms with van der Waals surface area (Å²) in [5, 5.41) is 3.31. The number of nitrogens with one attached hydrogen (secondary N) is 1. The summed E-state index contributed by atoms with van der Waals surface area (Å²) < 4.78 is 6.06. The maximum Gasteiger partial charge on any atom is 0.258 e. The van der Waals surface area contributed by atoms with Crippen LogP contribution >= 0.6 is 0 Å². The first-order valence-electron chi connectivity index (χ1n) is 7.45. The van der Waals surface area contributed by atoms with Gasteiger partial charge in [0.1, 0.15) is 6.10 Å². The third kappa shape index (κ3) is 2.34. The molecular formula is C16H18N4O. The van der Waals surface area contributed by atoms with Crippen LogP contribution in [0.2, 0.25) is 0 Å². The Kier molecular flexibility index (Phi) is 3.20. The van der Waals surface area contributed by atoms with Gasteiger partial charge in [-0.2, -0.15) is 0 Å². The lowest BCUT2D eigenvalue weighted by molar-refractivity contribution is 0.214. The Morgan fingerprint density at radius 3 is 3.00 bits per heavy atom. The van der Waals surface area contributed by atoms with Crippen LogP contribution < -0.4 is 15.0 Å². The third-order valence-electron chi connectivity index (χ3n) is 4.08. The van der Waals surface area contributed by atoms with Crippen molar-refractivity contribution in [2.45, 2.75) is 18.9 Å². The summed E-state index contributed by atoms with van der Waals surface area (Å²) in [5.74, 6) is 1.47. The van der Waals surface area contributed by atoms with E-state index in [2.05, 4.69) is 44.5 Å². The topological polar surface area (TPSA) is 50.3 Å². The van der Waals surface area contributed by atoms with E-state index in [9.17, 15) is 0 Å². The predicted molar refractivity (Wildman–Crippen MR) is 81.1 cm³/mol. The molecule has 3 heterocycles. The second-order valence-electron chi connectivity index (χ2n) is 5.45. The molecule has 1 atom stereocenters. The van der Waals surface area contributed by atoms with Gasteiger partial charge in [-0.25, -0.2) is 9.97 Å². The monoisotopic (exact) mass is 282 g/mol. The lowest BCUT2D eigenvalue weighted by Crippen LogP contribution is -2.23. The number of fused-ring (bicyclic) bond motifs is 1. The van der Waals surface area contributed by atoms with Crippen LogP contribution in [-0.4, -0.2) is 35.7 Å². The van der Waals surface area contributed by atoms with E-state index in [1.165, 1.54) is 11.3 Å². The van der Waals surface area contributed by atoms with E-state index < -0.39 is 0 Å². The van der Waals surface area contributed by atoms with Gasteiger partial charge in [0.05, 0.1) is 0 Å². The van der Waals surface area contributed by atoms with Crippen LogP contribution in [0.1, 0.15) is 12.0 Å². The normalized spacial score (nSPS) is 20.6. The summed E-state index contributed by atoms with van der Waals surface area (Å²) in [6, 6.07) is 8.46. The van der Waals surface area contributed by atoms with Crippen molar-refractivity contribution in [3.8, 4) is 5.88 Å². The maximum atomic E-state index is 6.06. The maximum absolute atomic E-state index is 6.06. The molecule has 1 aromatic carbocycles. The van der Waals surface area contributed by atoms with Gasteiger partial charge >= 0.3 is 0 Å². The van der Waals surface area contributed by atoms with Crippen LogP contribution in [0, 0.1) is 0 Å². The van der Waals surface area contributed by atoms with Gasteiger partial charge in [-0.15, -0.1) is 0 Å². The average molecular weight is 282 g/mol. The predicted octanol–water partition coefficient (Wildman–Crippen LogP) is 1.91. The molecule has 1 unspecified atom stereocenters. The van der Waals surface area contributed by atoms with Crippen molar-refractivity contribution in [2.75, 3.05) is 24.5 Å². The largest absolute Gasteiger partial charge is 0.470 e. The molecule has 21 heavy (non-hydrogen) atoms. The van der Waals surface area contributed by atoms with E-state index in [0.717, 1.165) is 38.3 Å². The first kappa shape index (κ1) is 12.6. The van der Waals surface area contributed by atoms with Crippen molar-refractivity contribution in [1.82, 2.24) is 15.3 Å². The summed E-state index contributed by atoms with van der Waals surface area (Å²) in [6.45, 7) is 2.82. The van der Waals surface area contributed by atoms with Gasteiger partial charge in [-0.05, 0) is 31.0 Å². The van der Waals surface area contributed by atoms with Crippen LogP contribution in [0.5, 0.6) is 5.88 Å². The summed E-state index contributed by atoms with van der Waals surface area (Å²) >= 11 is 0. The second kappa shape index (κ2) is 5.33. The number of nitrogens with zero attached hydrogens (tertiary/aromatic N) is 3. The van der Waals surface area contributed by atoms with Crippen molar-refractivity contribution in [2.24, 2.45) is 0 Å². The van der Waals surface area contributed by atoms with E-state index in [4.69, 9.17) is 4.74 Å². The summed E-state index contributed by atoms with van der Waals surface area (Å²) in [4.78, 5) is 11.1. The molecule has 5 nitrogen and oxygen atoms in total. The van der Waals surface area contributed by atoms with E-state index in [1.54, 1.807) is 12.4 Å². The molecule has 5 heteroatoms. The van der Waals surface area contributed by atoms with Crippen LogP contribution in [0.15, 0.2) is 36.7 Å². The summed E-state index contributed by atoms with van der Waals surface area (Å²) in [7, 11) is 0. The van der Waals surface area contributed by atoms with E-state index in [0.29, 0.717) is 5.88 Å². The minimum atomic E-state index is 0.193. The molecule has 1 aromatic heterocycles. The number of benzene rings is 1. The average Bonchev–Trinajstić information content (AvgIpc) is 3.17. The molecule has 1 fully saturated rings. The fourth-order valence-electron chi connectivity index (χ4n) is 3.03. The molecular weight excluding hydrogens is 264 g/mol. The highest BCUT2D eigenvalue weighted by molar-refractivity contribution is 5.69. The molecule has 0 amide bonds. The Labute approximate surface area is 124 Å². The zero-order chi connectivity index (χ0) is 14.1. The fourth-order valence-corrected chi connectivity index (χ4v) is 3.03. The number of rotatable bonds is 3. The second-order valence-corrected chi connectivity index (χ2v) is 5.45. The minimum Gasteiger partial charge on any atom is -0.470 e. The highest BCUT2D eigenvalue weighted by Crippen LogP contribution is 2.37. The Bertz CT molecular complexity index is 640. The molecule has 108 valence electrons. The Morgan fingerprint density at radius 1 is 1.19 bits per heavy atom. The summed E-state index contributed by atoms with van der Waals surface area (Å²) in [5.41, 5.74) is 2.57. The number of hydrogen-bond donors (Lipinski definition) is 1. The molecule has 0 radical (unpaired) electrons. The molecule has 4 rings (SSSR count). The van der Waals surface area contributed by atoms with E-state index in [1.807, 2.05) is 0 Å². The van der Waals surface area contributed by atoms with Gasteiger partial charge in [0.2, 0.25) is 0 Å². The van der Waals surface area contributed by atoms with Gasteiger partial charge in [0.15, 0.2) is 5.82 Å². The van der Waals surface area contributed by atoms with Gasteiger partial charge in [0, 0.05) is 31.2 Å². The molecule has 1 saturated heterocycles. The summed E-state index contributed by atoms with van der Waals surface area (Å²) in [6.07, 6.45) is 5.68. The fraction of sp³-hybridized carbons (Fsp3) is 0.375. The Hall–Kier alpha value is -2.14. The van der Waals surface area contributed by atoms with Gasteiger partial charge < -0.3 is 15.0 Å². The lowest BCUT2D eigenvalue weighted by Gasteiger charge is -2.21. The zero-order valence-electron chi connectivity index (χ0n) is 11.8. The van der Waals surface area contributed by atoms with Crippen LogP contribution in [-0.2, 0) is 6.42 Å². The van der Waals surface area contributed by atoms with Crippen molar-refractivity contribution in [3.05, 3.63) is 42.2 Å². The number of para-hydroxylation sites is 1. The van der Waals surface area contributed by atoms with Gasteiger partial charge in [-0.1, -0.05) is 18.2 Å². The molecule has 2 aliphatic heterocycles. The van der Waals surface area contributed by atoms with Crippen molar-refractivity contribution in [1.29, 1.82) is 0 Å². The number of anilines is 2. The smallest absolute Gasteiger partial charge is 0.258 e. The number of aromatic nitrogens is 2. The van der Waals surface area contributed by atoms with E-state index >= 15 is 0 Å². The SMILES string of the molecule is c1ccc2c(c1)CCN2c1nccnc1OC1CCNC1. The third-order valence-corrected chi connectivity index (χ3v) is 4.08. The van der Waals surface area contributed by atoms with Crippen LogP contribution in [0.4, 0.5) is 11.5 Å². The molecule has 0 bridgehead atoms. The van der Waals surface area contributed by atoms with Gasteiger partial charge in [-0.3, -0.25) is 0 Å². The van der Waals surface area contributed by atoms with Crippen molar-refractivity contribution < 1.29 is 4.74 Å². The van der Waals surface area contributed by atoms with Crippen LogP contribution in [0.25, 0.3) is 0 Å². The molecule has 0 aliphatic carbocycles. The first-order valence-corrected chi connectivity index (χ1v) is 7.45. The highest BCUT2D eigenvalue weighted by Gasteiger charge is 2.26. The first-order chi connectivity index (χ1) is 10.4.